The zero-order valence-corrected chi connectivity index (χ0v) is 13.8. The van der Waals surface area contributed by atoms with Gasteiger partial charge in [0, 0.05) is 21.7 Å². The van der Waals surface area contributed by atoms with Crippen molar-refractivity contribution in [1.29, 1.82) is 0 Å². The molecule has 1 saturated heterocycles. The molecule has 1 aromatic rings. The second kappa shape index (κ2) is 6.11. The second-order valence-electron chi connectivity index (χ2n) is 5.24. The Morgan fingerprint density at radius 2 is 2.10 bits per heavy atom. The zero-order chi connectivity index (χ0) is 14.9. The Bertz CT molecular complexity index is 544. The summed E-state index contributed by atoms with van der Waals surface area (Å²) in [7, 11) is 0. The molecular formula is C15H18INO3. The lowest BCUT2D eigenvalue weighted by Crippen LogP contribution is -2.49. The third-order valence-corrected chi connectivity index (χ3v) is 5.23. The Balaban J connectivity index is 2.28. The molecule has 1 heterocycles. The number of carbonyl (C=O) groups excluding carboxylic acids is 1. The van der Waals surface area contributed by atoms with E-state index in [1.54, 1.807) is 4.90 Å². The van der Waals surface area contributed by atoms with Gasteiger partial charge in [0.15, 0.2) is 0 Å². The van der Waals surface area contributed by atoms with Gasteiger partial charge in [0.25, 0.3) is 5.91 Å². The van der Waals surface area contributed by atoms with Crippen LogP contribution in [0, 0.1) is 16.4 Å². The van der Waals surface area contributed by atoms with E-state index in [9.17, 15) is 14.7 Å². The molecule has 20 heavy (non-hydrogen) atoms. The largest absolute Gasteiger partial charge is 0.481 e. The molecule has 1 fully saturated rings. The molecule has 1 aliphatic rings. The minimum Gasteiger partial charge on any atom is -0.481 e. The number of hydrogen-bond donors (Lipinski definition) is 1. The van der Waals surface area contributed by atoms with Crippen LogP contribution >= 0.6 is 22.6 Å². The number of carboxylic acids is 1. The Morgan fingerprint density at radius 1 is 1.40 bits per heavy atom. The van der Waals surface area contributed by atoms with Crippen molar-refractivity contribution in [1.82, 2.24) is 4.90 Å². The average molecular weight is 387 g/mol. The van der Waals surface area contributed by atoms with E-state index in [2.05, 4.69) is 22.6 Å². The van der Waals surface area contributed by atoms with Gasteiger partial charge in [-0.25, -0.2) is 0 Å². The highest BCUT2D eigenvalue weighted by atomic mass is 127. The van der Waals surface area contributed by atoms with Crippen molar-refractivity contribution in [3.8, 4) is 0 Å². The maximum atomic E-state index is 12.7. The standard InChI is InChI=1S/C15H18INO3/c1-9-11(5-3-7-13(9)16)14(18)17-8-4-6-12(10(17)2)15(19)20/h3,5,7,10,12H,4,6,8H2,1-2H3,(H,19,20)/t10-,12-/m1/s1. The fourth-order valence-electron chi connectivity index (χ4n) is 2.75. The van der Waals surface area contributed by atoms with Gasteiger partial charge in [0.1, 0.15) is 0 Å². The van der Waals surface area contributed by atoms with Crippen LogP contribution in [-0.2, 0) is 4.79 Å². The van der Waals surface area contributed by atoms with Crippen LogP contribution < -0.4 is 0 Å². The maximum Gasteiger partial charge on any atom is 0.308 e. The SMILES string of the molecule is Cc1c(I)cccc1C(=O)N1CCC[C@@H](C(=O)O)[C@H]1C. The number of aliphatic carboxylic acids is 1. The summed E-state index contributed by atoms with van der Waals surface area (Å²) in [6, 6.07) is 5.39. The summed E-state index contributed by atoms with van der Waals surface area (Å²) < 4.78 is 1.05. The molecule has 0 bridgehead atoms. The first-order valence-corrected chi connectivity index (χ1v) is 7.80. The number of piperidine rings is 1. The third kappa shape index (κ3) is 2.82. The van der Waals surface area contributed by atoms with Gasteiger partial charge in [0.05, 0.1) is 5.92 Å². The van der Waals surface area contributed by atoms with E-state index < -0.39 is 11.9 Å². The van der Waals surface area contributed by atoms with Crippen LogP contribution in [-0.4, -0.2) is 34.5 Å². The van der Waals surface area contributed by atoms with Crippen molar-refractivity contribution in [3.05, 3.63) is 32.9 Å². The predicted octanol–water partition coefficient (Wildman–Crippen LogP) is 2.92. The minimum absolute atomic E-state index is 0.0560. The van der Waals surface area contributed by atoms with E-state index in [1.165, 1.54) is 0 Å². The molecule has 0 radical (unpaired) electrons. The van der Waals surface area contributed by atoms with Crippen LogP contribution in [0.1, 0.15) is 35.7 Å². The van der Waals surface area contributed by atoms with Crippen LogP contribution in [0.2, 0.25) is 0 Å². The van der Waals surface area contributed by atoms with Gasteiger partial charge in [0.2, 0.25) is 0 Å². The lowest BCUT2D eigenvalue weighted by molar-refractivity contribution is -0.144. The van der Waals surface area contributed by atoms with Crippen LogP contribution in [0.25, 0.3) is 0 Å². The van der Waals surface area contributed by atoms with E-state index >= 15 is 0 Å². The first-order valence-electron chi connectivity index (χ1n) is 6.72. The number of nitrogens with zero attached hydrogens (tertiary/aromatic N) is 1. The molecule has 1 amide bonds. The van der Waals surface area contributed by atoms with Crippen molar-refractivity contribution in [2.24, 2.45) is 5.92 Å². The molecule has 4 nitrogen and oxygen atoms in total. The Morgan fingerprint density at radius 3 is 2.75 bits per heavy atom. The number of rotatable bonds is 2. The van der Waals surface area contributed by atoms with E-state index in [0.29, 0.717) is 18.5 Å². The smallest absolute Gasteiger partial charge is 0.308 e. The van der Waals surface area contributed by atoms with Crippen LogP contribution in [0.15, 0.2) is 18.2 Å². The fraction of sp³-hybridized carbons (Fsp3) is 0.467. The topological polar surface area (TPSA) is 57.6 Å². The molecule has 1 aliphatic heterocycles. The lowest BCUT2D eigenvalue weighted by atomic mass is 9.89. The minimum atomic E-state index is -0.811. The van der Waals surface area contributed by atoms with Gasteiger partial charge in [-0.05, 0) is 67.0 Å². The number of likely N-dealkylation sites (tertiary alicyclic amines) is 1. The number of amides is 1. The average Bonchev–Trinajstić information content (AvgIpc) is 2.41. The van der Waals surface area contributed by atoms with Crippen molar-refractivity contribution in [2.45, 2.75) is 32.7 Å². The molecule has 0 saturated carbocycles. The van der Waals surface area contributed by atoms with Gasteiger partial charge >= 0.3 is 5.97 Å². The quantitative estimate of drug-likeness (QED) is 0.794. The van der Waals surface area contributed by atoms with Crippen molar-refractivity contribution >= 4 is 34.5 Å². The Kier molecular flexibility index (Phi) is 4.67. The van der Waals surface area contributed by atoms with Crippen molar-refractivity contribution in [3.63, 3.8) is 0 Å². The van der Waals surface area contributed by atoms with Crippen LogP contribution in [0.5, 0.6) is 0 Å². The lowest BCUT2D eigenvalue weighted by Gasteiger charge is -2.37. The van der Waals surface area contributed by atoms with Gasteiger partial charge in [-0.2, -0.15) is 0 Å². The normalized spacial score (nSPS) is 22.6. The summed E-state index contributed by atoms with van der Waals surface area (Å²) in [6.45, 7) is 4.39. The first-order chi connectivity index (χ1) is 9.43. The van der Waals surface area contributed by atoms with Crippen molar-refractivity contribution < 1.29 is 14.7 Å². The molecule has 1 aromatic carbocycles. The highest BCUT2D eigenvalue weighted by Crippen LogP contribution is 2.27. The zero-order valence-electron chi connectivity index (χ0n) is 11.6. The highest BCUT2D eigenvalue weighted by molar-refractivity contribution is 14.1. The molecule has 0 aliphatic carbocycles. The van der Waals surface area contributed by atoms with Gasteiger partial charge in [-0.15, -0.1) is 0 Å². The van der Waals surface area contributed by atoms with E-state index in [4.69, 9.17) is 0 Å². The summed E-state index contributed by atoms with van der Waals surface area (Å²) >= 11 is 2.21. The summed E-state index contributed by atoms with van der Waals surface area (Å²) in [4.78, 5) is 25.6. The van der Waals surface area contributed by atoms with Gasteiger partial charge < -0.3 is 10.0 Å². The van der Waals surface area contributed by atoms with Crippen molar-refractivity contribution in [2.75, 3.05) is 6.54 Å². The van der Waals surface area contributed by atoms with E-state index in [-0.39, 0.29) is 11.9 Å². The van der Waals surface area contributed by atoms with Gasteiger partial charge in [-0.3, -0.25) is 9.59 Å². The molecule has 5 heteroatoms. The monoisotopic (exact) mass is 387 g/mol. The summed E-state index contributed by atoms with van der Waals surface area (Å²) in [5.41, 5.74) is 1.64. The molecule has 1 N–H and O–H groups in total. The van der Waals surface area contributed by atoms with Gasteiger partial charge in [-0.1, -0.05) is 6.07 Å². The van der Waals surface area contributed by atoms with Crippen LogP contribution in [0.3, 0.4) is 0 Å². The van der Waals surface area contributed by atoms with Crippen LogP contribution in [0.4, 0.5) is 0 Å². The Labute approximate surface area is 132 Å². The number of halogens is 1. The molecular weight excluding hydrogens is 369 g/mol. The highest BCUT2D eigenvalue weighted by Gasteiger charge is 2.35. The molecule has 0 unspecified atom stereocenters. The first kappa shape index (κ1) is 15.3. The fourth-order valence-corrected chi connectivity index (χ4v) is 3.25. The van der Waals surface area contributed by atoms with E-state index in [0.717, 1.165) is 15.6 Å². The van der Waals surface area contributed by atoms with E-state index in [1.807, 2.05) is 32.0 Å². The summed E-state index contributed by atoms with van der Waals surface area (Å²) in [6.07, 6.45) is 1.39. The molecule has 108 valence electrons. The molecule has 0 aromatic heterocycles. The summed E-state index contributed by atoms with van der Waals surface area (Å²) in [5.74, 6) is -1.33. The molecule has 0 spiro atoms. The molecule has 2 rings (SSSR count). The number of hydrogen-bond acceptors (Lipinski definition) is 2. The maximum absolute atomic E-state index is 12.7. The number of benzene rings is 1. The third-order valence-electron chi connectivity index (χ3n) is 4.06. The second-order valence-corrected chi connectivity index (χ2v) is 6.40. The summed E-state index contributed by atoms with van der Waals surface area (Å²) in [5, 5.41) is 9.24. The predicted molar refractivity (Wildman–Crippen MR) is 84.8 cm³/mol. The number of carboxylic acid groups (broad SMARTS) is 1. The molecule has 2 atom stereocenters. The number of carbonyl (C=O) groups is 2. The Hall–Kier alpha value is -1.11.